The van der Waals surface area contributed by atoms with Gasteiger partial charge in [0.15, 0.2) is 11.5 Å². The number of sulfonamides is 1. The van der Waals surface area contributed by atoms with Gasteiger partial charge in [-0.15, -0.1) is 0 Å². The van der Waals surface area contributed by atoms with Crippen LogP contribution in [0.2, 0.25) is 0 Å². The molecule has 1 unspecified atom stereocenters. The minimum absolute atomic E-state index is 0.292. The van der Waals surface area contributed by atoms with E-state index in [1.807, 2.05) is 12.1 Å². The van der Waals surface area contributed by atoms with E-state index >= 15 is 0 Å². The Balaban J connectivity index is 2.31. The normalized spacial score (nSPS) is 12.5. The molecule has 0 fully saturated rings. The van der Waals surface area contributed by atoms with Crippen molar-refractivity contribution in [1.29, 1.82) is 0 Å². The number of hydrogen-bond acceptors (Lipinski definition) is 5. The lowest BCUT2D eigenvalue weighted by Gasteiger charge is -2.29. The van der Waals surface area contributed by atoms with Crippen molar-refractivity contribution in [2.24, 2.45) is 0 Å². The molecule has 152 valence electrons. The first kappa shape index (κ1) is 21.7. The third kappa shape index (κ3) is 5.02. The van der Waals surface area contributed by atoms with Gasteiger partial charge in [-0.1, -0.05) is 36.4 Å². The molecule has 28 heavy (non-hydrogen) atoms. The molecule has 2 rings (SSSR count). The van der Waals surface area contributed by atoms with Crippen molar-refractivity contribution < 1.29 is 22.7 Å². The minimum atomic E-state index is -3.57. The summed E-state index contributed by atoms with van der Waals surface area (Å²) in [7, 11) is 2.58. The van der Waals surface area contributed by atoms with Crippen LogP contribution in [-0.4, -0.2) is 58.1 Å². The van der Waals surface area contributed by atoms with Crippen LogP contribution in [0.4, 0.5) is 0 Å². The van der Waals surface area contributed by atoms with Gasteiger partial charge in [-0.3, -0.25) is 4.79 Å². The van der Waals surface area contributed by atoms with Gasteiger partial charge in [0, 0.05) is 20.6 Å². The van der Waals surface area contributed by atoms with Gasteiger partial charge in [0.1, 0.15) is 6.04 Å². The largest absolute Gasteiger partial charge is 0.493 e. The summed E-state index contributed by atoms with van der Waals surface area (Å²) < 4.78 is 35.8. The van der Waals surface area contributed by atoms with E-state index in [0.717, 1.165) is 16.1 Å². The first-order valence-electron chi connectivity index (χ1n) is 8.63. The summed E-state index contributed by atoms with van der Waals surface area (Å²) in [6.45, 7) is 0.292. The average molecular weight is 407 g/mol. The zero-order valence-corrected chi connectivity index (χ0v) is 17.6. The number of carbonyl (C=O) groups is 1. The van der Waals surface area contributed by atoms with Gasteiger partial charge in [0.2, 0.25) is 15.9 Å². The second-order valence-electron chi connectivity index (χ2n) is 6.48. The highest BCUT2D eigenvalue weighted by Gasteiger charge is 2.32. The summed E-state index contributed by atoms with van der Waals surface area (Å²) >= 11 is 0. The van der Waals surface area contributed by atoms with Gasteiger partial charge in [-0.2, -0.15) is 4.31 Å². The minimum Gasteiger partial charge on any atom is -0.493 e. The maximum atomic E-state index is 13.2. The van der Waals surface area contributed by atoms with E-state index < -0.39 is 16.1 Å². The van der Waals surface area contributed by atoms with Crippen molar-refractivity contribution in [2.45, 2.75) is 12.6 Å². The fourth-order valence-electron chi connectivity index (χ4n) is 2.87. The highest BCUT2D eigenvalue weighted by atomic mass is 32.2. The molecule has 0 aliphatic carbocycles. The second kappa shape index (κ2) is 9.07. The number of likely N-dealkylation sites (N-methyl/N-ethyl adjacent to an activating group) is 2. The molecular formula is C20H26N2O5S. The molecule has 2 aromatic carbocycles. The number of ether oxygens (including phenoxy) is 2. The summed E-state index contributed by atoms with van der Waals surface area (Å²) in [6, 6.07) is 13.3. The molecule has 0 aromatic heterocycles. The summed E-state index contributed by atoms with van der Waals surface area (Å²) in [5.74, 6) is 0.835. The molecule has 0 saturated heterocycles. The van der Waals surface area contributed by atoms with E-state index in [0.29, 0.717) is 23.6 Å². The third-order valence-electron chi connectivity index (χ3n) is 4.48. The number of amides is 1. The summed E-state index contributed by atoms with van der Waals surface area (Å²) in [6.07, 6.45) is 1.09. The van der Waals surface area contributed by atoms with Crippen molar-refractivity contribution in [3.05, 3.63) is 59.7 Å². The topological polar surface area (TPSA) is 76.2 Å². The highest BCUT2D eigenvalue weighted by molar-refractivity contribution is 7.88. The summed E-state index contributed by atoms with van der Waals surface area (Å²) in [4.78, 5) is 14.7. The number of nitrogens with zero attached hydrogens (tertiary/aromatic N) is 2. The summed E-state index contributed by atoms with van der Waals surface area (Å²) in [5, 5.41) is 0. The predicted octanol–water partition coefficient (Wildman–Crippen LogP) is 2.29. The van der Waals surface area contributed by atoms with Crippen LogP contribution in [0.25, 0.3) is 0 Å². The van der Waals surface area contributed by atoms with E-state index in [4.69, 9.17) is 9.47 Å². The number of carbonyl (C=O) groups excluding carboxylic acids is 1. The Morgan fingerprint density at radius 3 is 2.14 bits per heavy atom. The predicted molar refractivity (Wildman–Crippen MR) is 108 cm³/mol. The Kier molecular flexibility index (Phi) is 7.04. The third-order valence-corrected chi connectivity index (χ3v) is 5.74. The van der Waals surface area contributed by atoms with Crippen LogP contribution in [0.5, 0.6) is 11.5 Å². The van der Waals surface area contributed by atoms with Crippen LogP contribution in [0, 0.1) is 0 Å². The quantitative estimate of drug-likeness (QED) is 0.672. The molecule has 0 radical (unpaired) electrons. The first-order valence-corrected chi connectivity index (χ1v) is 10.5. The lowest BCUT2D eigenvalue weighted by Crippen LogP contribution is -2.41. The number of rotatable bonds is 8. The van der Waals surface area contributed by atoms with Gasteiger partial charge in [0.25, 0.3) is 0 Å². The highest BCUT2D eigenvalue weighted by Crippen LogP contribution is 2.29. The number of hydrogen-bond donors (Lipinski definition) is 0. The Hall–Kier alpha value is -2.58. The Bertz CT molecular complexity index is 915. The lowest BCUT2D eigenvalue weighted by molar-refractivity contribution is -0.134. The molecule has 0 aliphatic rings. The molecule has 2 aromatic rings. The van der Waals surface area contributed by atoms with Crippen molar-refractivity contribution in [2.75, 3.05) is 34.6 Å². The van der Waals surface area contributed by atoms with Gasteiger partial charge in [0.05, 0.1) is 20.5 Å². The van der Waals surface area contributed by atoms with E-state index in [1.54, 1.807) is 57.7 Å². The monoisotopic (exact) mass is 406 g/mol. The van der Waals surface area contributed by atoms with Crippen molar-refractivity contribution >= 4 is 15.9 Å². The van der Waals surface area contributed by atoms with Gasteiger partial charge >= 0.3 is 0 Å². The molecule has 8 heteroatoms. The molecule has 0 saturated carbocycles. The Labute approximate surface area is 166 Å². The molecule has 7 nitrogen and oxygen atoms in total. The molecular weight excluding hydrogens is 380 g/mol. The zero-order valence-electron chi connectivity index (χ0n) is 16.7. The zero-order chi connectivity index (χ0) is 20.9. The fourth-order valence-corrected chi connectivity index (χ4v) is 3.47. The maximum absolute atomic E-state index is 13.2. The van der Waals surface area contributed by atoms with Crippen LogP contribution in [0.1, 0.15) is 17.2 Å². The fraction of sp³-hybridized carbons (Fsp3) is 0.350. The van der Waals surface area contributed by atoms with Crippen molar-refractivity contribution in [3.8, 4) is 11.5 Å². The molecule has 0 aliphatic heterocycles. The molecule has 0 bridgehead atoms. The van der Waals surface area contributed by atoms with Crippen LogP contribution < -0.4 is 9.47 Å². The smallest absolute Gasteiger partial charge is 0.245 e. The van der Waals surface area contributed by atoms with E-state index in [1.165, 1.54) is 11.9 Å². The Morgan fingerprint density at radius 2 is 1.61 bits per heavy atom. The van der Waals surface area contributed by atoms with Crippen LogP contribution in [0.3, 0.4) is 0 Å². The van der Waals surface area contributed by atoms with Crippen molar-refractivity contribution in [3.63, 3.8) is 0 Å². The van der Waals surface area contributed by atoms with Crippen LogP contribution >= 0.6 is 0 Å². The van der Waals surface area contributed by atoms with E-state index in [2.05, 4.69) is 0 Å². The SMILES string of the molecule is COc1ccc(CN(C)C(=O)C(c2ccccc2)N(C)S(C)(=O)=O)cc1OC. The average Bonchev–Trinajstić information content (AvgIpc) is 2.67. The standard InChI is InChI=1S/C20H26N2O5S/c1-21(14-15-11-12-17(26-3)18(13-15)27-4)20(23)19(22(2)28(5,24)25)16-9-7-6-8-10-16/h6-13,19H,14H2,1-5H3. The van der Waals surface area contributed by atoms with Gasteiger partial charge in [-0.05, 0) is 23.3 Å². The maximum Gasteiger partial charge on any atom is 0.245 e. The lowest BCUT2D eigenvalue weighted by atomic mass is 10.1. The molecule has 0 N–H and O–H groups in total. The van der Waals surface area contributed by atoms with Gasteiger partial charge in [-0.25, -0.2) is 8.42 Å². The van der Waals surface area contributed by atoms with Crippen LogP contribution in [0.15, 0.2) is 48.5 Å². The molecule has 0 heterocycles. The molecule has 1 amide bonds. The van der Waals surface area contributed by atoms with Crippen molar-refractivity contribution in [1.82, 2.24) is 9.21 Å². The first-order chi connectivity index (χ1) is 13.2. The van der Waals surface area contributed by atoms with Crippen LogP contribution in [-0.2, 0) is 21.4 Å². The Morgan fingerprint density at radius 1 is 1.00 bits per heavy atom. The van der Waals surface area contributed by atoms with Gasteiger partial charge < -0.3 is 14.4 Å². The number of benzene rings is 2. The van der Waals surface area contributed by atoms with E-state index in [9.17, 15) is 13.2 Å². The summed E-state index contributed by atoms with van der Waals surface area (Å²) in [5.41, 5.74) is 1.45. The second-order valence-corrected chi connectivity index (χ2v) is 8.52. The van der Waals surface area contributed by atoms with E-state index in [-0.39, 0.29) is 5.91 Å². The molecule has 1 atom stereocenters. The number of methoxy groups -OCH3 is 2. The molecule has 0 spiro atoms.